The summed E-state index contributed by atoms with van der Waals surface area (Å²) in [7, 11) is 0. The van der Waals surface area contributed by atoms with Crippen LogP contribution in [0.15, 0.2) is 18.3 Å². The first-order valence-electron chi connectivity index (χ1n) is 9.49. The number of nitrogens with two attached hydrogens (primary N) is 1. The van der Waals surface area contributed by atoms with Crippen LogP contribution in [0.2, 0.25) is 0 Å². The average molecular weight is 377 g/mol. The molecule has 0 radical (unpaired) electrons. The van der Waals surface area contributed by atoms with E-state index < -0.39 is 12.1 Å². The van der Waals surface area contributed by atoms with Crippen molar-refractivity contribution in [1.82, 2.24) is 15.6 Å². The lowest BCUT2D eigenvalue weighted by atomic mass is 9.98. The van der Waals surface area contributed by atoms with Crippen molar-refractivity contribution < 1.29 is 14.3 Å². The van der Waals surface area contributed by atoms with Crippen LogP contribution < -0.4 is 21.3 Å². The molecule has 150 valence electrons. The lowest BCUT2D eigenvalue weighted by Crippen LogP contribution is -2.51. The zero-order valence-corrected chi connectivity index (χ0v) is 16.6. The number of hydrogen-bond donors (Lipinski definition) is 3. The molecule has 3 amide bonds. The Morgan fingerprint density at radius 1 is 1.33 bits per heavy atom. The Balaban J connectivity index is 1.93. The van der Waals surface area contributed by atoms with E-state index in [-0.39, 0.29) is 24.0 Å². The third kappa shape index (κ3) is 6.09. The predicted octanol–water partition coefficient (Wildman–Crippen LogP) is 1.39. The van der Waals surface area contributed by atoms with Crippen LogP contribution in [-0.2, 0) is 16.1 Å². The molecule has 1 fully saturated rings. The van der Waals surface area contributed by atoms with Crippen LogP contribution in [0.25, 0.3) is 0 Å². The summed E-state index contributed by atoms with van der Waals surface area (Å²) in [6.07, 6.45) is 2.86. The highest BCUT2D eigenvalue weighted by atomic mass is 16.5. The fourth-order valence-electron chi connectivity index (χ4n) is 3.23. The number of primary amides is 1. The van der Waals surface area contributed by atoms with E-state index in [0.29, 0.717) is 6.54 Å². The van der Waals surface area contributed by atoms with Gasteiger partial charge in [0.05, 0.1) is 12.2 Å². The second-order valence-electron chi connectivity index (χ2n) is 7.28. The molecule has 1 aromatic rings. The summed E-state index contributed by atoms with van der Waals surface area (Å²) in [6, 6.07) is 2.57. The van der Waals surface area contributed by atoms with E-state index in [1.54, 1.807) is 6.20 Å². The molecule has 27 heavy (non-hydrogen) atoms. The minimum atomic E-state index is -0.699. The zero-order chi connectivity index (χ0) is 20.0. The fourth-order valence-corrected chi connectivity index (χ4v) is 3.23. The largest absolute Gasteiger partial charge is 0.372 e. The molecule has 4 N–H and O–H groups in total. The molecule has 4 atom stereocenters. The lowest BCUT2D eigenvalue weighted by Gasteiger charge is -2.36. The summed E-state index contributed by atoms with van der Waals surface area (Å²) in [5.41, 5.74) is 6.08. The summed E-state index contributed by atoms with van der Waals surface area (Å²) < 4.78 is 5.75. The third-order valence-corrected chi connectivity index (χ3v) is 4.81. The van der Waals surface area contributed by atoms with Gasteiger partial charge in [-0.2, -0.15) is 0 Å². The highest BCUT2D eigenvalue weighted by molar-refractivity contribution is 5.86. The van der Waals surface area contributed by atoms with Crippen LogP contribution in [0.1, 0.15) is 39.7 Å². The standard InChI is InChI=1S/C19H31N5O3/c1-5-12(2)17(23-19(20)26)18(25)22-9-15-6-7-16(21-8-15)24-10-13(3)27-14(4)11-24/h6-8,12-14,17H,5,9-11H2,1-4H3,(H,22,25)(H3,20,23,26). The van der Waals surface area contributed by atoms with Crippen molar-refractivity contribution in [1.29, 1.82) is 0 Å². The van der Waals surface area contributed by atoms with Crippen molar-refractivity contribution >= 4 is 17.8 Å². The van der Waals surface area contributed by atoms with E-state index in [1.165, 1.54) is 0 Å². The van der Waals surface area contributed by atoms with E-state index in [1.807, 2.05) is 26.0 Å². The van der Waals surface area contributed by atoms with Crippen molar-refractivity contribution in [3.05, 3.63) is 23.9 Å². The molecule has 1 aromatic heterocycles. The molecule has 4 unspecified atom stereocenters. The van der Waals surface area contributed by atoms with Gasteiger partial charge in [0.15, 0.2) is 0 Å². The number of rotatable bonds is 7. The summed E-state index contributed by atoms with van der Waals surface area (Å²) in [4.78, 5) is 30.3. The number of urea groups is 1. The minimum Gasteiger partial charge on any atom is -0.372 e. The molecule has 1 saturated heterocycles. The highest BCUT2D eigenvalue weighted by Gasteiger charge is 2.25. The Hall–Kier alpha value is -2.35. The first kappa shape index (κ1) is 21.0. The summed E-state index contributed by atoms with van der Waals surface area (Å²) >= 11 is 0. The van der Waals surface area contributed by atoms with Crippen molar-refractivity contribution in [2.45, 2.75) is 58.9 Å². The van der Waals surface area contributed by atoms with Crippen LogP contribution in [-0.4, -0.2) is 48.3 Å². The number of ether oxygens (including phenoxy) is 1. The number of morpholine rings is 1. The number of anilines is 1. The molecule has 0 bridgehead atoms. The van der Waals surface area contributed by atoms with Gasteiger partial charge in [-0.3, -0.25) is 4.79 Å². The van der Waals surface area contributed by atoms with Gasteiger partial charge in [0.2, 0.25) is 5.91 Å². The molecule has 8 heteroatoms. The van der Waals surface area contributed by atoms with Gasteiger partial charge in [-0.1, -0.05) is 26.3 Å². The van der Waals surface area contributed by atoms with E-state index in [9.17, 15) is 9.59 Å². The van der Waals surface area contributed by atoms with Crippen LogP contribution in [0, 0.1) is 5.92 Å². The molecular weight excluding hydrogens is 346 g/mol. The molecule has 1 aliphatic heterocycles. The molecule has 0 aromatic carbocycles. The SMILES string of the molecule is CCC(C)C(NC(N)=O)C(=O)NCc1ccc(N2CC(C)OC(C)C2)nc1. The smallest absolute Gasteiger partial charge is 0.312 e. The number of nitrogens with one attached hydrogen (secondary N) is 2. The number of pyridine rings is 1. The maximum atomic E-state index is 12.4. The molecule has 0 saturated carbocycles. The van der Waals surface area contributed by atoms with Gasteiger partial charge < -0.3 is 26.0 Å². The molecular formula is C19H31N5O3. The fraction of sp³-hybridized carbons (Fsp3) is 0.632. The van der Waals surface area contributed by atoms with E-state index in [4.69, 9.17) is 10.5 Å². The molecule has 2 rings (SSSR count). The maximum Gasteiger partial charge on any atom is 0.312 e. The first-order chi connectivity index (χ1) is 12.8. The Labute approximate surface area is 160 Å². The Morgan fingerprint density at radius 3 is 2.52 bits per heavy atom. The Morgan fingerprint density at radius 2 is 2.00 bits per heavy atom. The molecule has 8 nitrogen and oxygen atoms in total. The van der Waals surface area contributed by atoms with Crippen LogP contribution >= 0.6 is 0 Å². The zero-order valence-electron chi connectivity index (χ0n) is 16.6. The Bertz CT molecular complexity index is 627. The number of nitrogens with zero attached hydrogens (tertiary/aromatic N) is 2. The maximum absolute atomic E-state index is 12.4. The second kappa shape index (κ2) is 9.55. The summed E-state index contributed by atoms with van der Waals surface area (Å²) in [6.45, 7) is 9.94. The van der Waals surface area contributed by atoms with E-state index in [2.05, 4.69) is 34.4 Å². The van der Waals surface area contributed by atoms with Gasteiger partial charge in [0.1, 0.15) is 11.9 Å². The van der Waals surface area contributed by atoms with E-state index in [0.717, 1.165) is 30.9 Å². The number of aromatic nitrogens is 1. The van der Waals surface area contributed by atoms with Crippen molar-refractivity contribution in [2.75, 3.05) is 18.0 Å². The number of amides is 3. The van der Waals surface area contributed by atoms with Crippen LogP contribution in [0.3, 0.4) is 0 Å². The van der Waals surface area contributed by atoms with Crippen molar-refractivity contribution in [2.24, 2.45) is 11.7 Å². The normalized spacial score (nSPS) is 22.0. The molecule has 0 spiro atoms. The second-order valence-corrected chi connectivity index (χ2v) is 7.28. The quantitative estimate of drug-likeness (QED) is 0.665. The van der Waals surface area contributed by atoms with Crippen LogP contribution in [0.4, 0.5) is 10.6 Å². The summed E-state index contributed by atoms with van der Waals surface area (Å²) in [5, 5.41) is 5.37. The van der Waals surface area contributed by atoms with Gasteiger partial charge >= 0.3 is 6.03 Å². The highest BCUT2D eigenvalue weighted by Crippen LogP contribution is 2.18. The monoisotopic (exact) mass is 377 g/mol. The van der Waals surface area contributed by atoms with Crippen molar-refractivity contribution in [3.8, 4) is 0 Å². The number of carbonyl (C=O) groups excluding carboxylic acids is 2. The summed E-state index contributed by atoms with van der Waals surface area (Å²) in [5.74, 6) is 0.645. The van der Waals surface area contributed by atoms with Gasteiger partial charge in [-0.25, -0.2) is 9.78 Å². The van der Waals surface area contributed by atoms with Crippen molar-refractivity contribution in [3.63, 3.8) is 0 Å². The minimum absolute atomic E-state index is 0.0108. The van der Waals surface area contributed by atoms with Gasteiger partial charge in [0, 0.05) is 25.8 Å². The van der Waals surface area contributed by atoms with Crippen LogP contribution in [0.5, 0.6) is 0 Å². The van der Waals surface area contributed by atoms with Gasteiger partial charge in [0.25, 0.3) is 0 Å². The Kier molecular flexibility index (Phi) is 7.41. The predicted molar refractivity (Wildman–Crippen MR) is 104 cm³/mol. The number of hydrogen-bond acceptors (Lipinski definition) is 5. The number of carbonyl (C=O) groups is 2. The molecule has 0 aliphatic carbocycles. The van der Waals surface area contributed by atoms with Gasteiger partial charge in [-0.05, 0) is 31.4 Å². The first-order valence-corrected chi connectivity index (χ1v) is 9.49. The van der Waals surface area contributed by atoms with Gasteiger partial charge in [-0.15, -0.1) is 0 Å². The molecule has 2 heterocycles. The topological polar surface area (TPSA) is 110 Å². The third-order valence-electron chi connectivity index (χ3n) is 4.81. The lowest BCUT2D eigenvalue weighted by molar-refractivity contribution is -0.124. The molecule has 1 aliphatic rings. The average Bonchev–Trinajstić information content (AvgIpc) is 2.63. The van der Waals surface area contributed by atoms with E-state index >= 15 is 0 Å².